The van der Waals surface area contributed by atoms with Gasteiger partial charge < -0.3 is 0 Å². The van der Waals surface area contributed by atoms with Gasteiger partial charge in [-0.2, -0.15) is 0 Å². The van der Waals surface area contributed by atoms with E-state index >= 15 is 0 Å². The van der Waals surface area contributed by atoms with E-state index in [1.807, 2.05) is 6.92 Å². The first-order valence-electron chi connectivity index (χ1n) is 3.50. The summed E-state index contributed by atoms with van der Waals surface area (Å²) in [6.45, 7) is 1.91. The van der Waals surface area contributed by atoms with Gasteiger partial charge in [0.05, 0.1) is 11.0 Å². The van der Waals surface area contributed by atoms with Crippen LogP contribution in [0, 0.1) is 0 Å². The Labute approximate surface area is 78.0 Å². The highest BCUT2D eigenvalue weighted by Crippen LogP contribution is 2.30. The molecule has 1 aliphatic heterocycles. The van der Waals surface area contributed by atoms with E-state index in [1.165, 1.54) is 21.6 Å². The number of rotatable bonds is 1. The zero-order chi connectivity index (χ0) is 8.97. The average Bonchev–Trinajstić information content (AvgIpc) is 2.06. The molecule has 0 saturated heterocycles. The van der Waals surface area contributed by atoms with Crippen LogP contribution in [-0.2, 0) is 9.59 Å². The Hall–Kier alpha value is -0.360. The lowest BCUT2D eigenvalue weighted by Crippen LogP contribution is -2.15. The van der Waals surface area contributed by atoms with Crippen LogP contribution in [0.5, 0.6) is 0 Å². The lowest BCUT2D eigenvalue weighted by atomic mass is 10.3. The lowest BCUT2D eigenvalue weighted by Gasteiger charge is -2.09. The van der Waals surface area contributed by atoms with E-state index in [-0.39, 0.29) is 17.1 Å². The number of carbonyl (C=O) groups is 2. The van der Waals surface area contributed by atoms with Crippen LogP contribution in [0.2, 0.25) is 0 Å². The van der Waals surface area contributed by atoms with Gasteiger partial charge in [0, 0.05) is 0 Å². The van der Waals surface area contributed by atoms with Crippen molar-refractivity contribution < 1.29 is 9.59 Å². The van der Waals surface area contributed by atoms with Crippen molar-refractivity contribution in [2.45, 2.75) is 18.6 Å². The molecule has 2 amide bonds. The van der Waals surface area contributed by atoms with Crippen LogP contribution < -0.4 is 0 Å². The minimum atomic E-state index is -0.338. The number of carbonyl (C=O) groups excluding carboxylic acids is 2. The Morgan fingerprint density at radius 2 is 2.25 bits per heavy atom. The Morgan fingerprint density at radius 1 is 1.50 bits per heavy atom. The average molecular weight is 204 g/mol. The first-order valence-corrected chi connectivity index (χ1v) is 5.89. The molecule has 66 valence electrons. The zero-order valence-corrected chi connectivity index (χ0v) is 8.15. The monoisotopic (exact) mass is 204 g/mol. The molecule has 0 aromatic carbocycles. The quantitative estimate of drug-likeness (QED) is 0.609. The van der Waals surface area contributed by atoms with Gasteiger partial charge in [0.15, 0.2) is 0 Å². The van der Waals surface area contributed by atoms with Crippen molar-refractivity contribution in [3.8, 4) is 0 Å². The molecule has 12 heavy (non-hydrogen) atoms. The fourth-order valence-corrected chi connectivity index (χ4v) is 2.96. The Balaban J connectivity index is 2.67. The number of nitrogens with zero attached hydrogens (tertiary/aromatic N) is 2. The second kappa shape index (κ2) is 4.61. The third kappa shape index (κ3) is 2.60. The second-order valence-corrected chi connectivity index (χ2v) is 4.76. The summed E-state index contributed by atoms with van der Waals surface area (Å²) in [7, 11) is 2.77. The summed E-state index contributed by atoms with van der Waals surface area (Å²) in [5.41, 5.74) is 0. The van der Waals surface area contributed by atoms with E-state index in [0.717, 1.165) is 6.42 Å². The normalized spacial score (nSPS) is 25.2. The van der Waals surface area contributed by atoms with Crippen molar-refractivity contribution >= 4 is 33.4 Å². The fraction of sp³-hybridized carbons (Fsp3) is 0.667. The molecule has 0 fully saturated rings. The molecule has 0 bridgehead atoms. The first-order chi connectivity index (χ1) is 5.74. The molecule has 4 nitrogen and oxygen atoms in total. The molecule has 0 saturated carbocycles. The topological polar surface area (TPSA) is 58.9 Å². The standard InChI is InChI=1S/C6H8N2O2S2/c1-2-4-6(10)8-7-5(9)3-11-12-4/h4H,2-3H2,1H3. The molecule has 0 aliphatic carbocycles. The van der Waals surface area contributed by atoms with Crippen molar-refractivity contribution in [3.05, 3.63) is 0 Å². The van der Waals surface area contributed by atoms with Gasteiger partial charge in [-0.25, -0.2) is 0 Å². The Bertz CT molecular complexity index is 230. The summed E-state index contributed by atoms with van der Waals surface area (Å²) in [5, 5.41) is 6.44. The van der Waals surface area contributed by atoms with Gasteiger partial charge in [-0.05, 0) is 6.42 Å². The van der Waals surface area contributed by atoms with Crippen LogP contribution in [-0.4, -0.2) is 22.8 Å². The van der Waals surface area contributed by atoms with Gasteiger partial charge in [0.1, 0.15) is 0 Å². The van der Waals surface area contributed by atoms with E-state index in [4.69, 9.17) is 0 Å². The molecular weight excluding hydrogens is 196 g/mol. The molecule has 1 unspecified atom stereocenters. The van der Waals surface area contributed by atoms with Crippen molar-refractivity contribution in [3.63, 3.8) is 0 Å². The van der Waals surface area contributed by atoms with Crippen LogP contribution in [0.25, 0.3) is 0 Å². The number of hydrogen-bond acceptors (Lipinski definition) is 4. The zero-order valence-electron chi connectivity index (χ0n) is 6.52. The third-order valence-corrected chi connectivity index (χ3v) is 4.00. The van der Waals surface area contributed by atoms with Gasteiger partial charge in [0.2, 0.25) is 0 Å². The summed E-state index contributed by atoms with van der Waals surface area (Å²) < 4.78 is 0. The molecular formula is C6H8N2O2S2. The van der Waals surface area contributed by atoms with E-state index in [2.05, 4.69) is 10.2 Å². The minimum Gasteiger partial charge on any atom is -0.270 e. The van der Waals surface area contributed by atoms with E-state index < -0.39 is 0 Å². The second-order valence-electron chi connectivity index (χ2n) is 2.19. The molecule has 0 aromatic heterocycles. The van der Waals surface area contributed by atoms with E-state index in [0.29, 0.717) is 5.75 Å². The SMILES string of the molecule is CCC1SSCC(=O)N=NC1=O. The number of amides is 2. The van der Waals surface area contributed by atoms with Gasteiger partial charge in [-0.1, -0.05) is 28.5 Å². The van der Waals surface area contributed by atoms with Gasteiger partial charge >= 0.3 is 0 Å². The highest BCUT2D eigenvalue weighted by atomic mass is 33.1. The highest BCUT2D eigenvalue weighted by molar-refractivity contribution is 8.77. The lowest BCUT2D eigenvalue weighted by molar-refractivity contribution is -0.120. The molecule has 0 aromatic rings. The largest absolute Gasteiger partial charge is 0.278 e. The van der Waals surface area contributed by atoms with Gasteiger partial charge in [-0.3, -0.25) is 9.59 Å². The fourth-order valence-electron chi connectivity index (χ4n) is 0.649. The van der Waals surface area contributed by atoms with Crippen molar-refractivity contribution in [2.24, 2.45) is 10.2 Å². The minimum absolute atomic E-state index is 0.146. The molecule has 1 atom stereocenters. The van der Waals surface area contributed by atoms with Crippen LogP contribution >= 0.6 is 21.6 Å². The summed E-state index contributed by atoms with van der Waals surface area (Å²) in [4.78, 5) is 21.8. The number of hydrogen-bond donors (Lipinski definition) is 0. The number of azo groups is 1. The molecule has 0 N–H and O–H groups in total. The van der Waals surface area contributed by atoms with Crippen LogP contribution in [0.1, 0.15) is 13.3 Å². The molecule has 0 spiro atoms. The predicted molar refractivity (Wildman–Crippen MR) is 49.0 cm³/mol. The molecule has 1 aliphatic rings. The molecule has 1 rings (SSSR count). The van der Waals surface area contributed by atoms with Crippen LogP contribution in [0.4, 0.5) is 0 Å². The molecule has 0 radical (unpaired) electrons. The maximum Gasteiger partial charge on any atom is 0.278 e. The summed E-state index contributed by atoms with van der Waals surface area (Å²) in [6, 6.07) is 0. The van der Waals surface area contributed by atoms with Crippen LogP contribution in [0.15, 0.2) is 10.2 Å². The summed E-state index contributed by atoms with van der Waals surface area (Å²) >= 11 is 0. The summed E-state index contributed by atoms with van der Waals surface area (Å²) in [6.07, 6.45) is 0.726. The molecule has 1 heterocycles. The van der Waals surface area contributed by atoms with E-state index in [1.54, 1.807) is 0 Å². The van der Waals surface area contributed by atoms with Crippen molar-refractivity contribution in [1.82, 2.24) is 0 Å². The maximum absolute atomic E-state index is 11.1. The molecule has 6 heteroatoms. The Morgan fingerprint density at radius 3 is 2.92 bits per heavy atom. The first kappa shape index (κ1) is 9.73. The predicted octanol–water partition coefficient (Wildman–Crippen LogP) is 1.67. The maximum atomic E-state index is 11.1. The summed E-state index contributed by atoms with van der Waals surface area (Å²) in [5.74, 6) is -0.337. The van der Waals surface area contributed by atoms with E-state index in [9.17, 15) is 9.59 Å². The van der Waals surface area contributed by atoms with Crippen molar-refractivity contribution in [1.29, 1.82) is 0 Å². The van der Waals surface area contributed by atoms with Gasteiger partial charge in [0.25, 0.3) is 11.8 Å². The smallest absolute Gasteiger partial charge is 0.270 e. The van der Waals surface area contributed by atoms with Crippen molar-refractivity contribution in [2.75, 3.05) is 5.75 Å². The Kier molecular flexibility index (Phi) is 3.74. The van der Waals surface area contributed by atoms with Crippen LogP contribution in [0.3, 0.4) is 0 Å². The highest BCUT2D eigenvalue weighted by Gasteiger charge is 2.20. The third-order valence-electron chi connectivity index (χ3n) is 1.27. The van der Waals surface area contributed by atoms with Gasteiger partial charge in [-0.15, -0.1) is 10.2 Å².